The number of aromatic nitrogens is 2. The van der Waals surface area contributed by atoms with Crippen molar-refractivity contribution in [2.24, 2.45) is 0 Å². The summed E-state index contributed by atoms with van der Waals surface area (Å²) in [6.07, 6.45) is 8.63. The largest absolute Gasteiger partial charge is 0.389 e. The minimum absolute atomic E-state index is 0.0488. The van der Waals surface area contributed by atoms with Crippen LogP contribution in [0.25, 0.3) is 0 Å². The van der Waals surface area contributed by atoms with Gasteiger partial charge >= 0.3 is 0 Å². The standard InChI is InChI=1S/C20H32N4O2/c25-19-15-17-5-1-2-6-18(17)21-24(19)14-13-22-9-11-23(12-10-22)16-20(26)7-3-4-8-20/h15,26H,1-14,16H2. The predicted octanol–water partition coefficient (Wildman–Crippen LogP) is 1.04. The molecule has 0 atom stereocenters. The van der Waals surface area contributed by atoms with Crippen LogP contribution in [0.1, 0.15) is 49.8 Å². The Hall–Kier alpha value is -1.24. The molecule has 1 aliphatic heterocycles. The second-order valence-electron chi connectivity index (χ2n) is 8.43. The summed E-state index contributed by atoms with van der Waals surface area (Å²) in [7, 11) is 0. The summed E-state index contributed by atoms with van der Waals surface area (Å²) >= 11 is 0. The predicted molar refractivity (Wildman–Crippen MR) is 101 cm³/mol. The molecule has 0 radical (unpaired) electrons. The van der Waals surface area contributed by atoms with Crippen LogP contribution in [0, 0.1) is 0 Å². The topological polar surface area (TPSA) is 61.6 Å². The van der Waals surface area contributed by atoms with Gasteiger partial charge in [-0.25, -0.2) is 4.68 Å². The van der Waals surface area contributed by atoms with E-state index in [-0.39, 0.29) is 5.56 Å². The van der Waals surface area contributed by atoms with Crippen molar-refractivity contribution in [3.8, 4) is 0 Å². The Bertz CT molecular complexity index is 673. The zero-order chi connectivity index (χ0) is 18.0. The van der Waals surface area contributed by atoms with E-state index in [0.717, 1.165) is 76.2 Å². The Morgan fingerprint density at radius 1 is 0.962 bits per heavy atom. The first-order valence-electron chi connectivity index (χ1n) is 10.4. The molecule has 1 N–H and O–H groups in total. The van der Waals surface area contributed by atoms with Crippen molar-refractivity contribution in [1.29, 1.82) is 0 Å². The molecule has 2 heterocycles. The summed E-state index contributed by atoms with van der Waals surface area (Å²) in [6, 6.07) is 1.81. The first kappa shape index (κ1) is 18.1. The number of fused-ring (bicyclic) bond motifs is 1. The molecular weight excluding hydrogens is 328 g/mol. The SMILES string of the molecule is O=c1cc2c(nn1CCN1CCN(CC3(O)CCCC3)CC1)CCCC2. The molecule has 0 unspecified atom stereocenters. The van der Waals surface area contributed by atoms with Crippen molar-refractivity contribution in [2.75, 3.05) is 39.3 Å². The van der Waals surface area contributed by atoms with Gasteiger partial charge in [-0.3, -0.25) is 14.6 Å². The molecule has 1 saturated heterocycles. The fourth-order valence-corrected chi connectivity index (χ4v) is 4.78. The molecule has 4 rings (SSSR count). The highest BCUT2D eigenvalue weighted by atomic mass is 16.3. The third-order valence-electron chi connectivity index (χ3n) is 6.42. The van der Waals surface area contributed by atoms with Gasteiger partial charge in [0, 0.05) is 45.3 Å². The van der Waals surface area contributed by atoms with Gasteiger partial charge < -0.3 is 5.11 Å². The van der Waals surface area contributed by atoms with Crippen LogP contribution in [0.15, 0.2) is 10.9 Å². The number of rotatable bonds is 5. The fraction of sp³-hybridized carbons (Fsp3) is 0.800. The van der Waals surface area contributed by atoms with E-state index in [4.69, 9.17) is 0 Å². The summed E-state index contributed by atoms with van der Waals surface area (Å²) in [5.74, 6) is 0. The average molecular weight is 361 g/mol. The van der Waals surface area contributed by atoms with Crippen LogP contribution in [0.2, 0.25) is 0 Å². The fourth-order valence-electron chi connectivity index (χ4n) is 4.78. The third-order valence-corrected chi connectivity index (χ3v) is 6.42. The summed E-state index contributed by atoms with van der Waals surface area (Å²) in [6.45, 7) is 6.42. The van der Waals surface area contributed by atoms with Crippen LogP contribution >= 0.6 is 0 Å². The number of piperazine rings is 1. The van der Waals surface area contributed by atoms with Crippen LogP contribution in [0.3, 0.4) is 0 Å². The number of aliphatic hydroxyl groups is 1. The smallest absolute Gasteiger partial charge is 0.267 e. The van der Waals surface area contributed by atoms with E-state index in [1.807, 2.05) is 6.07 Å². The molecule has 1 aromatic heterocycles. The molecule has 26 heavy (non-hydrogen) atoms. The van der Waals surface area contributed by atoms with E-state index in [1.54, 1.807) is 4.68 Å². The molecule has 0 bridgehead atoms. The average Bonchev–Trinajstić information content (AvgIpc) is 3.07. The monoisotopic (exact) mass is 360 g/mol. The van der Waals surface area contributed by atoms with Crippen molar-refractivity contribution >= 4 is 0 Å². The van der Waals surface area contributed by atoms with Crippen molar-refractivity contribution in [1.82, 2.24) is 19.6 Å². The van der Waals surface area contributed by atoms with Crippen molar-refractivity contribution in [3.63, 3.8) is 0 Å². The Morgan fingerprint density at radius 3 is 2.42 bits per heavy atom. The molecule has 0 amide bonds. The van der Waals surface area contributed by atoms with Crippen molar-refractivity contribution in [2.45, 2.75) is 63.5 Å². The van der Waals surface area contributed by atoms with Gasteiger partial charge in [0.25, 0.3) is 5.56 Å². The highest BCUT2D eigenvalue weighted by molar-refractivity contribution is 5.20. The summed E-state index contributed by atoms with van der Waals surface area (Å²) in [4.78, 5) is 17.1. The van der Waals surface area contributed by atoms with Crippen LogP contribution < -0.4 is 5.56 Å². The van der Waals surface area contributed by atoms with Crippen molar-refractivity contribution in [3.05, 3.63) is 27.7 Å². The van der Waals surface area contributed by atoms with Crippen LogP contribution in [0.5, 0.6) is 0 Å². The number of hydrogen-bond acceptors (Lipinski definition) is 5. The Balaban J connectivity index is 1.27. The highest BCUT2D eigenvalue weighted by Crippen LogP contribution is 2.30. The zero-order valence-electron chi connectivity index (χ0n) is 15.8. The van der Waals surface area contributed by atoms with Gasteiger partial charge in [-0.15, -0.1) is 0 Å². The molecule has 144 valence electrons. The quantitative estimate of drug-likeness (QED) is 0.850. The lowest BCUT2D eigenvalue weighted by Crippen LogP contribution is -2.51. The Morgan fingerprint density at radius 2 is 1.65 bits per heavy atom. The van der Waals surface area contributed by atoms with Gasteiger partial charge in [0.2, 0.25) is 0 Å². The van der Waals surface area contributed by atoms with E-state index in [0.29, 0.717) is 6.54 Å². The minimum atomic E-state index is -0.442. The van der Waals surface area contributed by atoms with Gasteiger partial charge in [0.15, 0.2) is 0 Å². The zero-order valence-corrected chi connectivity index (χ0v) is 15.8. The molecule has 6 nitrogen and oxygen atoms in total. The Labute approximate surface area is 155 Å². The molecule has 2 fully saturated rings. The van der Waals surface area contributed by atoms with E-state index in [2.05, 4.69) is 14.9 Å². The summed E-state index contributed by atoms with van der Waals surface area (Å²) in [5.41, 5.74) is 1.90. The molecule has 1 saturated carbocycles. The molecule has 0 aromatic carbocycles. The van der Waals surface area contributed by atoms with Gasteiger partial charge in [0.05, 0.1) is 17.8 Å². The normalized spacial score (nSPS) is 23.9. The summed E-state index contributed by atoms with van der Waals surface area (Å²) in [5, 5.41) is 15.2. The lowest BCUT2D eigenvalue weighted by molar-refractivity contribution is -0.00487. The Kier molecular flexibility index (Phi) is 5.43. The second kappa shape index (κ2) is 7.79. The molecule has 2 aliphatic carbocycles. The van der Waals surface area contributed by atoms with Gasteiger partial charge in [-0.2, -0.15) is 5.10 Å². The molecule has 3 aliphatic rings. The lowest BCUT2D eigenvalue weighted by Gasteiger charge is -2.38. The second-order valence-corrected chi connectivity index (χ2v) is 8.43. The van der Waals surface area contributed by atoms with Crippen LogP contribution in [-0.2, 0) is 19.4 Å². The maximum Gasteiger partial charge on any atom is 0.267 e. The number of β-amino-alcohol motifs (C(OH)–C–C–N with tert-alkyl or cyclic N) is 1. The first-order valence-corrected chi connectivity index (χ1v) is 10.4. The van der Waals surface area contributed by atoms with Crippen molar-refractivity contribution < 1.29 is 5.11 Å². The number of aryl methyl sites for hydroxylation is 2. The van der Waals surface area contributed by atoms with E-state index < -0.39 is 5.60 Å². The van der Waals surface area contributed by atoms with E-state index >= 15 is 0 Å². The lowest BCUT2D eigenvalue weighted by atomic mass is 9.97. The molecule has 1 aromatic rings. The third kappa shape index (κ3) is 4.18. The minimum Gasteiger partial charge on any atom is -0.389 e. The summed E-state index contributed by atoms with van der Waals surface area (Å²) < 4.78 is 1.66. The van der Waals surface area contributed by atoms with Gasteiger partial charge in [-0.1, -0.05) is 12.8 Å². The number of hydrogen-bond donors (Lipinski definition) is 1. The first-order chi connectivity index (χ1) is 12.6. The van der Waals surface area contributed by atoms with E-state index in [1.165, 1.54) is 25.7 Å². The maximum absolute atomic E-state index is 12.3. The van der Waals surface area contributed by atoms with E-state index in [9.17, 15) is 9.90 Å². The van der Waals surface area contributed by atoms with Gasteiger partial charge in [-0.05, 0) is 44.1 Å². The van der Waals surface area contributed by atoms with Gasteiger partial charge in [0.1, 0.15) is 0 Å². The highest BCUT2D eigenvalue weighted by Gasteiger charge is 2.33. The molecule has 0 spiro atoms. The van der Waals surface area contributed by atoms with Crippen LogP contribution in [-0.4, -0.2) is 69.6 Å². The molecule has 6 heteroatoms. The van der Waals surface area contributed by atoms with Crippen LogP contribution in [0.4, 0.5) is 0 Å². The maximum atomic E-state index is 12.3. The number of nitrogens with zero attached hydrogens (tertiary/aromatic N) is 4. The molecular formula is C20H32N4O2.